The molecule has 4 heteroatoms. The van der Waals surface area contributed by atoms with Crippen molar-refractivity contribution in [1.29, 1.82) is 5.26 Å². The Kier molecular flexibility index (Phi) is 6.42. The summed E-state index contributed by atoms with van der Waals surface area (Å²) < 4.78 is 0. The van der Waals surface area contributed by atoms with Crippen LogP contribution in [0.2, 0.25) is 5.02 Å². The monoisotopic (exact) mass is 433 g/mol. The second kappa shape index (κ2) is 9.07. The highest BCUT2D eigenvalue weighted by atomic mass is 35.5. The summed E-state index contributed by atoms with van der Waals surface area (Å²) in [6, 6.07) is 16.9. The maximum atomic E-state index is 9.18. The van der Waals surface area contributed by atoms with Crippen LogP contribution in [-0.2, 0) is 0 Å². The van der Waals surface area contributed by atoms with Gasteiger partial charge in [0.1, 0.15) is 0 Å². The number of rotatable bonds is 4. The molecular formula is C27H32ClN3. The molecule has 0 atom stereocenters. The quantitative estimate of drug-likeness (QED) is 0.566. The van der Waals surface area contributed by atoms with Crippen LogP contribution < -0.4 is 4.90 Å². The molecule has 4 rings (SSSR count). The number of nitrogens with zero attached hydrogens (tertiary/aromatic N) is 3. The second-order valence-electron chi connectivity index (χ2n) is 9.80. The Balaban J connectivity index is 1.46. The first-order valence-corrected chi connectivity index (χ1v) is 11.7. The van der Waals surface area contributed by atoms with Gasteiger partial charge < -0.3 is 4.90 Å². The average Bonchev–Trinajstić information content (AvgIpc) is 2.76. The molecule has 3 nitrogen and oxygen atoms in total. The number of piperazine rings is 1. The number of aryl methyl sites for hydroxylation is 1. The van der Waals surface area contributed by atoms with Crippen LogP contribution in [0.4, 0.5) is 5.69 Å². The summed E-state index contributed by atoms with van der Waals surface area (Å²) in [6.45, 7) is 12.1. The van der Waals surface area contributed by atoms with Crippen molar-refractivity contribution in [2.75, 3.05) is 37.6 Å². The van der Waals surface area contributed by atoms with Crippen LogP contribution in [0.3, 0.4) is 0 Å². The van der Waals surface area contributed by atoms with Gasteiger partial charge in [0.05, 0.1) is 11.6 Å². The fraction of sp³-hybridized carbons (Fsp3) is 0.444. The second-order valence-corrected chi connectivity index (χ2v) is 10.2. The third kappa shape index (κ3) is 5.14. The molecule has 1 aliphatic carbocycles. The molecule has 2 aromatic rings. The lowest BCUT2D eigenvalue weighted by molar-refractivity contribution is 0.264. The van der Waals surface area contributed by atoms with E-state index in [2.05, 4.69) is 54.0 Å². The first-order chi connectivity index (χ1) is 14.8. The van der Waals surface area contributed by atoms with E-state index < -0.39 is 0 Å². The van der Waals surface area contributed by atoms with Crippen LogP contribution in [0.5, 0.6) is 0 Å². The Bertz CT molecular complexity index is 1010. The number of nitriles is 1. The minimum absolute atomic E-state index is 0.352. The van der Waals surface area contributed by atoms with Crippen molar-refractivity contribution in [3.8, 4) is 6.07 Å². The fourth-order valence-electron chi connectivity index (χ4n) is 4.87. The van der Waals surface area contributed by atoms with Crippen molar-refractivity contribution < 1.29 is 0 Å². The summed E-state index contributed by atoms with van der Waals surface area (Å²) >= 11 is 6.14. The SMILES string of the molecule is Cc1cc(N2CCN(CC3=C(c4ccc(Cl)cc4)CC(C)(C)CC3)CC2)ccc1C#N. The summed E-state index contributed by atoms with van der Waals surface area (Å²) in [4.78, 5) is 5.06. The molecule has 0 unspecified atom stereocenters. The van der Waals surface area contributed by atoms with E-state index in [4.69, 9.17) is 11.6 Å². The van der Waals surface area contributed by atoms with Gasteiger partial charge >= 0.3 is 0 Å². The lowest BCUT2D eigenvalue weighted by Crippen LogP contribution is -2.47. The smallest absolute Gasteiger partial charge is 0.0994 e. The fourth-order valence-corrected chi connectivity index (χ4v) is 4.99. The van der Waals surface area contributed by atoms with Crippen molar-refractivity contribution in [3.63, 3.8) is 0 Å². The molecule has 0 bridgehead atoms. The van der Waals surface area contributed by atoms with E-state index in [-0.39, 0.29) is 0 Å². The van der Waals surface area contributed by atoms with E-state index >= 15 is 0 Å². The Hall–Kier alpha value is -2.28. The van der Waals surface area contributed by atoms with Gasteiger partial charge in [0.2, 0.25) is 0 Å². The molecule has 1 saturated heterocycles. The van der Waals surface area contributed by atoms with Crippen molar-refractivity contribution in [3.05, 3.63) is 69.8 Å². The highest BCUT2D eigenvalue weighted by Crippen LogP contribution is 2.43. The van der Waals surface area contributed by atoms with Crippen molar-refractivity contribution in [2.45, 2.75) is 40.0 Å². The van der Waals surface area contributed by atoms with Crippen LogP contribution in [0, 0.1) is 23.7 Å². The average molecular weight is 434 g/mol. The predicted molar refractivity (Wildman–Crippen MR) is 131 cm³/mol. The van der Waals surface area contributed by atoms with E-state index in [0.717, 1.165) is 55.3 Å². The molecule has 1 heterocycles. The van der Waals surface area contributed by atoms with E-state index in [9.17, 15) is 5.26 Å². The van der Waals surface area contributed by atoms with Gasteiger partial charge in [-0.3, -0.25) is 4.90 Å². The van der Waals surface area contributed by atoms with Crippen molar-refractivity contribution in [1.82, 2.24) is 4.90 Å². The molecule has 162 valence electrons. The molecule has 0 radical (unpaired) electrons. The zero-order valence-corrected chi connectivity index (χ0v) is 19.7. The molecule has 0 spiro atoms. The third-order valence-corrected chi connectivity index (χ3v) is 7.11. The van der Waals surface area contributed by atoms with E-state index in [0.29, 0.717) is 5.41 Å². The zero-order chi connectivity index (χ0) is 22.0. The van der Waals surface area contributed by atoms with Gasteiger partial charge in [-0.25, -0.2) is 0 Å². The minimum Gasteiger partial charge on any atom is -0.369 e. The van der Waals surface area contributed by atoms with Gasteiger partial charge in [0, 0.05) is 43.4 Å². The summed E-state index contributed by atoms with van der Waals surface area (Å²) in [5.41, 5.74) is 7.87. The number of allylic oxidation sites excluding steroid dienone is 1. The molecule has 0 amide bonds. The summed E-state index contributed by atoms with van der Waals surface area (Å²) in [5.74, 6) is 0. The molecule has 0 N–H and O–H groups in total. The van der Waals surface area contributed by atoms with Gasteiger partial charge in [0.15, 0.2) is 0 Å². The Morgan fingerprint density at radius 3 is 2.39 bits per heavy atom. The van der Waals surface area contributed by atoms with Crippen molar-refractivity contribution >= 4 is 22.9 Å². The van der Waals surface area contributed by atoms with Gasteiger partial charge in [0.25, 0.3) is 0 Å². The lowest BCUT2D eigenvalue weighted by Gasteiger charge is -2.39. The number of halogens is 1. The molecule has 0 aromatic heterocycles. The maximum Gasteiger partial charge on any atom is 0.0994 e. The van der Waals surface area contributed by atoms with Crippen molar-refractivity contribution in [2.24, 2.45) is 5.41 Å². The molecular weight excluding hydrogens is 402 g/mol. The topological polar surface area (TPSA) is 30.3 Å². The first-order valence-electron chi connectivity index (χ1n) is 11.3. The minimum atomic E-state index is 0.352. The highest BCUT2D eigenvalue weighted by molar-refractivity contribution is 6.30. The summed E-state index contributed by atoms with van der Waals surface area (Å²) in [6.07, 6.45) is 3.57. The van der Waals surface area contributed by atoms with E-state index in [1.54, 1.807) is 5.57 Å². The highest BCUT2D eigenvalue weighted by Gasteiger charge is 2.29. The number of hydrogen-bond acceptors (Lipinski definition) is 3. The van der Waals surface area contributed by atoms with Gasteiger partial charge in [-0.1, -0.05) is 43.2 Å². The normalized spacial score (nSPS) is 19.4. The van der Waals surface area contributed by atoms with E-state index in [1.807, 2.05) is 25.1 Å². The van der Waals surface area contributed by atoms with Crippen LogP contribution in [0.15, 0.2) is 48.0 Å². The van der Waals surface area contributed by atoms with Crippen LogP contribution >= 0.6 is 11.6 Å². The first kappa shape index (κ1) is 21.9. The zero-order valence-electron chi connectivity index (χ0n) is 18.9. The van der Waals surface area contributed by atoms with E-state index in [1.165, 1.54) is 29.7 Å². The van der Waals surface area contributed by atoms with Gasteiger partial charge in [-0.2, -0.15) is 5.26 Å². The molecule has 1 aliphatic heterocycles. The lowest BCUT2D eigenvalue weighted by atomic mass is 9.72. The Morgan fingerprint density at radius 2 is 1.74 bits per heavy atom. The number of benzene rings is 2. The maximum absolute atomic E-state index is 9.18. The van der Waals surface area contributed by atoms with Crippen LogP contribution in [0.1, 0.15) is 49.8 Å². The third-order valence-electron chi connectivity index (χ3n) is 6.86. The molecule has 2 aromatic carbocycles. The van der Waals surface area contributed by atoms with Gasteiger partial charge in [-0.05, 0) is 78.6 Å². The largest absolute Gasteiger partial charge is 0.369 e. The summed E-state index contributed by atoms with van der Waals surface area (Å²) in [7, 11) is 0. The molecule has 1 fully saturated rings. The predicted octanol–water partition coefficient (Wildman–Crippen LogP) is 6.31. The van der Waals surface area contributed by atoms with Crippen LogP contribution in [-0.4, -0.2) is 37.6 Å². The molecule has 2 aliphatic rings. The summed E-state index contributed by atoms with van der Waals surface area (Å²) in [5, 5.41) is 9.98. The number of anilines is 1. The standard InChI is InChI=1S/C27H32ClN3/c1-20-16-25(9-6-22(20)18-29)31-14-12-30(13-15-31)19-23-10-11-27(2,3)17-26(23)21-4-7-24(28)8-5-21/h4-9,16H,10-15,17,19H2,1-3H3. The van der Waals surface area contributed by atoms with Crippen LogP contribution in [0.25, 0.3) is 5.57 Å². The number of hydrogen-bond donors (Lipinski definition) is 0. The van der Waals surface area contributed by atoms with Gasteiger partial charge in [-0.15, -0.1) is 0 Å². The molecule has 0 saturated carbocycles. The molecule has 31 heavy (non-hydrogen) atoms. The Morgan fingerprint density at radius 1 is 1.03 bits per heavy atom. The Labute approximate surface area is 191 Å².